The van der Waals surface area contributed by atoms with Crippen molar-refractivity contribution in [1.29, 1.82) is 0 Å². The molecule has 0 bridgehead atoms. The number of hydrogen-bond acceptors (Lipinski definition) is 3. The second-order valence-corrected chi connectivity index (χ2v) is 8.37. The minimum atomic E-state index is 0. The summed E-state index contributed by atoms with van der Waals surface area (Å²) < 4.78 is 0. The van der Waals surface area contributed by atoms with Crippen molar-refractivity contribution in [2.75, 3.05) is 39.3 Å². The molecule has 3 N–H and O–H groups in total. The van der Waals surface area contributed by atoms with Crippen molar-refractivity contribution in [1.82, 2.24) is 16.0 Å². The van der Waals surface area contributed by atoms with E-state index in [1.165, 1.54) is 116 Å². The first-order chi connectivity index (χ1) is 15.7. The molecule has 0 unspecified atom stereocenters. The average Bonchev–Trinajstić information content (AvgIpc) is 3.40. The van der Waals surface area contributed by atoms with E-state index in [2.05, 4.69) is 69.6 Å². The van der Waals surface area contributed by atoms with Gasteiger partial charge in [0, 0.05) is 21.7 Å². The molecule has 0 aliphatic heterocycles. The van der Waals surface area contributed by atoms with Crippen LogP contribution in [0.4, 0.5) is 0 Å². The predicted octanol–water partition coefficient (Wildman–Crippen LogP) is 10.1. The third-order valence-corrected chi connectivity index (χ3v) is 4.83. The van der Waals surface area contributed by atoms with E-state index >= 15 is 0 Å². The van der Waals surface area contributed by atoms with Gasteiger partial charge in [-0.3, -0.25) is 6.08 Å². The number of nitrogens with one attached hydrogen (secondary N) is 3. The summed E-state index contributed by atoms with van der Waals surface area (Å²) in [6.45, 7) is 20.6. The maximum absolute atomic E-state index is 3.39. The summed E-state index contributed by atoms with van der Waals surface area (Å²) in [6.07, 6.45) is 25.8. The molecule has 0 saturated carbocycles. The average molecular weight is 576 g/mol. The summed E-state index contributed by atoms with van der Waals surface area (Å²) in [5.74, 6) is 0. The van der Waals surface area contributed by atoms with Crippen LogP contribution >= 0.6 is 0 Å². The maximum atomic E-state index is 3.39. The smallest absolute Gasteiger partial charge is 0 e. The molecule has 0 amide bonds. The van der Waals surface area contributed by atoms with Gasteiger partial charge in [-0.15, -0.1) is 6.42 Å². The largest absolute Gasteiger partial charge is 0.358 e. The Morgan fingerprint density at radius 1 is 0.474 bits per heavy atom. The zero-order chi connectivity index (χ0) is 24.4. The van der Waals surface area contributed by atoms with Crippen LogP contribution in [0.3, 0.4) is 0 Å². The van der Waals surface area contributed by atoms with E-state index in [0.717, 1.165) is 6.42 Å². The van der Waals surface area contributed by atoms with Gasteiger partial charge in [-0.2, -0.15) is 6.08 Å². The van der Waals surface area contributed by atoms with Gasteiger partial charge in [-0.1, -0.05) is 80.1 Å². The Morgan fingerprint density at radius 3 is 0.816 bits per heavy atom. The van der Waals surface area contributed by atoms with Crippen LogP contribution in [0.2, 0.25) is 0 Å². The predicted molar refractivity (Wildman–Crippen MR) is 182 cm³/mol. The van der Waals surface area contributed by atoms with Gasteiger partial charge in [0.15, 0.2) is 0 Å². The Labute approximate surface area is 262 Å². The van der Waals surface area contributed by atoms with Gasteiger partial charge in [-0.25, -0.2) is 12.2 Å². The van der Waals surface area contributed by atoms with Crippen LogP contribution in [0.25, 0.3) is 0 Å². The SMILES string of the molecule is CCCCNCCCC.CCCCNCCCC.CCCCNCCCC.[C-]1=CC=CC1.[CH3-].[CH3-].[CH3-].[CH3-].[CH3-].[Ti]. The molecular formula is C34H77N3Ti-6. The first kappa shape index (κ1) is 61.9. The van der Waals surface area contributed by atoms with Gasteiger partial charge < -0.3 is 53.1 Å². The van der Waals surface area contributed by atoms with Crippen molar-refractivity contribution in [2.45, 2.75) is 125 Å². The fraction of sp³-hybridized carbons (Fsp3) is 0.735. The van der Waals surface area contributed by atoms with E-state index in [1.807, 2.05) is 12.2 Å². The number of allylic oxidation sites excluding steroid dienone is 4. The first-order valence-electron chi connectivity index (χ1n) is 14.1. The van der Waals surface area contributed by atoms with Crippen LogP contribution in [0.15, 0.2) is 18.2 Å². The monoisotopic (exact) mass is 576 g/mol. The fourth-order valence-electron chi connectivity index (χ4n) is 2.53. The minimum Gasteiger partial charge on any atom is -0.358 e. The molecule has 0 heterocycles. The molecular weight excluding hydrogens is 498 g/mol. The molecule has 0 aromatic rings. The Bertz CT molecular complexity index is 272. The molecule has 0 fully saturated rings. The van der Waals surface area contributed by atoms with Crippen LogP contribution in [0, 0.1) is 43.2 Å². The number of rotatable bonds is 18. The van der Waals surface area contributed by atoms with E-state index in [-0.39, 0.29) is 58.9 Å². The normalized spacial score (nSPS) is 9.42. The van der Waals surface area contributed by atoms with E-state index in [1.54, 1.807) is 0 Å². The fourth-order valence-corrected chi connectivity index (χ4v) is 2.53. The van der Waals surface area contributed by atoms with Gasteiger partial charge in [0.05, 0.1) is 0 Å². The van der Waals surface area contributed by atoms with Crippen molar-refractivity contribution in [3.05, 3.63) is 61.4 Å². The summed E-state index contributed by atoms with van der Waals surface area (Å²) in [5.41, 5.74) is 0. The standard InChI is InChI=1S/3C8H19N.C5H5.5CH3.Ti/c3*1-3-5-7-9-8-6-4-2;1-2-4-5-3-1;;;;;;/h3*9H,3-8H2,1-2H3;1-3H,4H2;5*1H3;/q;;;6*-1;. The number of unbranched alkanes of at least 4 members (excludes halogenated alkanes) is 6. The molecule has 1 rings (SSSR count). The maximum Gasteiger partial charge on any atom is 0 e. The molecule has 0 spiro atoms. The molecule has 1 aliphatic rings. The molecule has 1 aliphatic carbocycles. The van der Waals surface area contributed by atoms with E-state index in [0.29, 0.717) is 0 Å². The molecule has 3 nitrogen and oxygen atoms in total. The third kappa shape index (κ3) is 83.4. The zero-order valence-corrected chi connectivity index (χ0v) is 30.2. The number of hydrogen-bond donors (Lipinski definition) is 3. The molecule has 0 radical (unpaired) electrons. The molecule has 0 aromatic heterocycles. The van der Waals surface area contributed by atoms with Gasteiger partial charge in [0.2, 0.25) is 0 Å². The van der Waals surface area contributed by atoms with Crippen molar-refractivity contribution >= 4 is 0 Å². The third-order valence-electron chi connectivity index (χ3n) is 4.83. The summed E-state index contributed by atoms with van der Waals surface area (Å²) >= 11 is 0. The first-order valence-corrected chi connectivity index (χ1v) is 14.1. The molecule has 38 heavy (non-hydrogen) atoms. The Hall–Kier alpha value is 0.0743. The van der Waals surface area contributed by atoms with E-state index in [4.69, 9.17) is 0 Å². The van der Waals surface area contributed by atoms with Crippen LogP contribution in [-0.2, 0) is 21.7 Å². The zero-order valence-electron chi connectivity index (χ0n) is 28.7. The van der Waals surface area contributed by atoms with Gasteiger partial charge in [0.1, 0.15) is 0 Å². The van der Waals surface area contributed by atoms with Gasteiger partial charge in [-0.05, 0) is 77.8 Å². The Balaban J connectivity index is -0.0000000406. The second-order valence-electron chi connectivity index (χ2n) is 8.37. The molecule has 4 heteroatoms. The van der Waals surface area contributed by atoms with Crippen LogP contribution < -0.4 is 16.0 Å². The minimum absolute atomic E-state index is 0. The van der Waals surface area contributed by atoms with Gasteiger partial charge in [0.25, 0.3) is 0 Å². The second kappa shape index (κ2) is 71.0. The molecule has 0 atom stereocenters. The summed E-state index contributed by atoms with van der Waals surface area (Å²) in [5, 5.41) is 10.2. The summed E-state index contributed by atoms with van der Waals surface area (Å²) in [6, 6.07) is 0. The van der Waals surface area contributed by atoms with Crippen molar-refractivity contribution in [2.24, 2.45) is 0 Å². The summed E-state index contributed by atoms with van der Waals surface area (Å²) in [7, 11) is 0. The molecule has 0 aromatic carbocycles. The van der Waals surface area contributed by atoms with Gasteiger partial charge >= 0.3 is 0 Å². The molecule has 238 valence electrons. The summed E-state index contributed by atoms with van der Waals surface area (Å²) in [4.78, 5) is 0. The Morgan fingerprint density at radius 2 is 0.711 bits per heavy atom. The molecule has 0 saturated heterocycles. The van der Waals surface area contributed by atoms with Crippen LogP contribution in [0.5, 0.6) is 0 Å². The van der Waals surface area contributed by atoms with Crippen molar-refractivity contribution < 1.29 is 21.7 Å². The van der Waals surface area contributed by atoms with Crippen molar-refractivity contribution in [3.63, 3.8) is 0 Å². The van der Waals surface area contributed by atoms with E-state index in [9.17, 15) is 0 Å². The Kier molecular flexibility index (Phi) is 116. The van der Waals surface area contributed by atoms with E-state index < -0.39 is 0 Å². The van der Waals surface area contributed by atoms with Crippen LogP contribution in [0.1, 0.15) is 125 Å². The topological polar surface area (TPSA) is 36.1 Å². The quantitative estimate of drug-likeness (QED) is 0.0864. The van der Waals surface area contributed by atoms with Crippen LogP contribution in [-0.4, -0.2) is 39.3 Å². The van der Waals surface area contributed by atoms with Crippen molar-refractivity contribution in [3.8, 4) is 0 Å².